The second-order valence-electron chi connectivity index (χ2n) is 7.53. The van der Waals surface area contributed by atoms with Crippen molar-refractivity contribution in [2.45, 2.75) is 31.8 Å². The lowest BCUT2D eigenvalue weighted by Gasteiger charge is -2.32. The van der Waals surface area contributed by atoms with Gasteiger partial charge in [0.15, 0.2) is 0 Å². The van der Waals surface area contributed by atoms with E-state index < -0.39 is 0 Å². The molecule has 2 N–H and O–H groups in total. The number of carbonyl (C=O) groups excluding carboxylic acids is 1. The van der Waals surface area contributed by atoms with Gasteiger partial charge in [-0.3, -0.25) is 9.89 Å². The molecule has 0 atom stereocenters. The van der Waals surface area contributed by atoms with E-state index in [9.17, 15) is 9.18 Å². The molecule has 0 bridgehead atoms. The number of benzene rings is 1. The van der Waals surface area contributed by atoms with Crippen LogP contribution in [0.15, 0.2) is 30.5 Å². The summed E-state index contributed by atoms with van der Waals surface area (Å²) in [5.74, 6) is 1.99. The molecule has 0 aliphatic carbocycles. The monoisotopic (exact) mass is 395 g/mol. The molecule has 2 aromatic heterocycles. The smallest absolute Gasteiger partial charge is 0.257 e. The van der Waals surface area contributed by atoms with Crippen molar-refractivity contribution in [3.05, 3.63) is 53.5 Å². The van der Waals surface area contributed by atoms with Crippen molar-refractivity contribution in [3.63, 3.8) is 0 Å². The fourth-order valence-electron chi connectivity index (χ4n) is 4.21. The summed E-state index contributed by atoms with van der Waals surface area (Å²) in [6.07, 6.45) is 3.27. The summed E-state index contributed by atoms with van der Waals surface area (Å²) in [4.78, 5) is 15.0. The van der Waals surface area contributed by atoms with Gasteiger partial charge in [-0.1, -0.05) is 0 Å². The van der Waals surface area contributed by atoms with Gasteiger partial charge in [0.25, 0.3) is 5.91 Å². The number of hydrogen-bond acceptors (Lipinski definition) is 5. The molecular formula is C20H22FN7O. The van der Waals surface area contributed by atoms with Crippen molar-refractivity contribution >= 4 is 5.91 Å². The molecule has 1 aromatic carbocycles. The number of likely N-dealkylation sites (tertiary alicyclic amines) is 1. The van der Waals surface area contributed by atoms with Crippen molar-refractivity contribution in [1.29, 1.82) is 0 Å². The van der Waals surface area contributed by atoms with E-state index in [4.69, 9.17) is 0 Å². The number of piperidine rings is 1. The number of halogens is 1. The number of nitrogens with zero attached hydrogens (tertiary/aromatic N) is 5. The van der Waals surface area contributed by atoms with E-state index in [-0.39, 0.29) is 11.7 Å². The van der Waals surface area contributed by atoms with Gasteiger partial charge in [0.1, 0.15) is 17.5 Å². The summed E-state index contributed by atoms with van der Waals surface area (Å²) in [6, 6.07) is 6.06. The Morgan fingerprint density at radius 2 is 1.90 bits per heavy atom. The van der Waals surface area contributed by atoms with Gasteiger partial charge in [0.2, 0.25) is 0 Å². The van der Waals surface area contributed by atoms with Gasteiger partial charge in [-0.15, -0.1) is 10.2 Å². The number of rotatable bonds is 3. The molecule has 0 saturated carbocycles. The quantitative estimate of drug-likeness (QED) is 0.707. The number of amides is 1. The third kappa shape index (κ3) is 3.31. The number of H-pyrrole nitrogens is 1. The minimum Gasteiger partial charge on any atom is -0.338 e. The Morgan fingerprint density at radius 3 is 2.69 bits per heavy atom. The topological polar surface area (TPSA) is 91.7 Å². The Morgan fingerprint density at radius 1 is 1.10 bits per heavy atom. The van der Waals surface area contributed by atoms with E-state index in [1.807, 2.05) is 4.90 Å². The van der Waals surface area contributed by atoms with E-state index in [0.717, 1.165) is 49.7 Å². The lowest BCUT2D eigenvalue weighted by Crippen LogP contribution is -2.39. The summed E-state index contributed by atoms with van der Waals surface area (Å²) < 4.78 is 15.4. The van der Waals surface area contributed by atoms with E-state index in [0.29, 0.717) is 30.3 Å². The summed E-state index contributed by atoms with van der Waals surface area (Å²) in [7, 11) is 0. The average Bonchev–Trinajstić information content (AvgIpc) is 3.41. The van der Waals surface area contributed by atoms with Gasteiger partial charge in [0, 0.05) is 37.7 Å². The van der Waals surface area contributed by atoms with Crippen LogP contribution in [-0.4, -0.2) is 55.4 Å². The molecule has 8 nitrogen and oxygen atoms in total. The van der Waals surface area contributed by atoms with Crippen LogP contribution in [0.3, 0.4) is 0 Å². The van der Waals surface area contributed by atoms with Gasteiger partial charge < -0.3 is 14.8 Å². The molecule has 1 fully saturated rings. The zero-order valence-electron chi connectivity index (χ0n) is 15.9. The maximum absolute atomic E-state index is 13.2. The second kappa shape index (κ2) is 7.40. The average molecular weight is 395 g/mol. The third-order valence-corrected chi connectivity index (χ3v) is 5.80. The van der Waals surface area contributed by atoms with Gasteiger partial charge in [0.05, 0.1) is 24.0 Å². The number of aromatic nitrogens is 5. The van der Waals surface area contributed by atoms with Crippen LogP contribution in [-0.2, 0) is 13.1 Å². The highest BCUT2D eigenvalue weighted by Crippen LogP contribution is 2.30. The summed E-state index contributed by atoms with van der Waals surface area (Å²) in [5.41, 5.74) is 1.88. The van der Waals surface area contributed by atoms with Crippen LogP contribution in [0.4, 0.5) is 4.39 Å². The van der Waals surface area contributed by atoms with E-state index in [1.54, 1.807) is 18.3 Å². The predicted molar refractivity (Wildman–Crippen MR) is 104 cm³/mol. The Bertz CT molecular complexity index is 1020. The molecule has 29 heavy (non-hydrogen) atoms. The highest BCUT2D eigenvalue weighted by atomic mass is 19.1. The molecule has 0 unspecified atom stereocenters. The minimum atomic E-state index is -0.310. The SMILES string of the molecule is O=C(c1cn[nH]c1-c1ccc(F)cc1)N1CCC(c2nnc3n2CCNC3)CC1. The Balaban J connectivity index is 1.29. The first kappa shape index (κ1) is 18.0. The molecular weight excluding hydrogens is 373 g/mol. The van der Waals surface area contributed by atoms with Crippen LogP contribution in [0, 0.1) is 5.82 Å². The van der Waals surface area contributed by atoms with Crippen LogP contribution >= 0.6 is 0 Å². The van der Waals surface area contributed by atoms with Crippen molar-refractivity contribution < 1.29 is 9.18 Å². The predicted octanol–water partition coefficient (Wildman–Crippen LogP) is 1.93. The third-order valence-electron chi connectivity index (χ3n) is 5.80. The van der Waals surface area contributed by atoms with Gasteiger partial charge in [-0.05, 0) is 37.1 Å². The first-order valence-electron chi connectivity index (χ1n) is 9.92. The highest BCUT2D eigenvalue weighted by molar-refractivity contribution is 5.99. The maximum atomic E-state index is 13.2. The van der Waals surface area contributed by atoms with E-state index in [2.05, 4.69) is 30.3 Å². The van der Waals surface area contributed by atoms with E-state index in [1.165, 1.54) is 12.1 Å². The molecule has 5 rings (SSSR count). The summed E-state index contributed by atoms with van der Waals surface area (Å²) in [6.45, 7) is 3.92. The lowest BCUT2D eigenvalue weighted by atomic mass is 9.95. The molecule has 0 radical (unpaired) electrons. The van der Waals surface area contributed by atoms with Crippen molar-refractivity contribution in [2.75, 3.05) is 19.6 Å². The Kier molecular flexibility index (Phi) is 4.59. The molecule has 9 heteroatoms. The van der Waals surface area contributed by atoms with Crippen LogP contribution in [0.1, 0.15) is 40.8 Å². The van der Waals surface area contributed by atoms with Gasteiger partial charge in [-0.2, -0.15) is 5.10 Å². The van der Waals surface area contributed by atoms with Crippen LogP contribution in [0.25, 0.3) is 11.3 Å². The fraction of sp³-hybridized carbons (Fsp3) is 0.400. The number of aromatic amines is 1. The van der Waals surface area contributed by atoms with Crippen molar-refractivity contribution in [2.24, 2.45) is 0 Å². The summed E-state index contributed by atoms with van der Waals surface area (Å²) in [5, 5.41) is 19.0. The standard InChI is InChI=1S/C20H22FN7O/c21-15-3-1-13(2-4-15)18-16(11-23-25-18)20(29)27-8-5-14(6-9-27)19-26-24-17-12-22-7-10-28(17)19/h1-4,11,14,22H,5-10,12H2,(H,23,25). The van der Waals surface area contributed by atoms with E-state index >= 15 is 0 Å². The first-order chi connectivity index (χ1) is 14.2. The second-order valence-corrected chi connectivity index (χ2v) is 7.53. The molecule has 1 saturated heterocycles. The maximum Gasteiger partial charge on any atom is 0.257 e. The molecule has 2 aliphatic rings. The van der Waals surface area contributed by atoms with Crippen LogP contribution < -0.4 is 5.32 Å². The highest BCUT2D eigenvalue weighted by Gasteiger charge is 2.30. The minimum absolute atomic E-state index is 0.0519. The zero-order valence-corrected chi connectivity index (χ0v) is 15.9. The summed E-state index contributed by atoms with van der Waals surface area (Å²) >= 11 is 0. The molecule has 0 spiro atoms. The molecule has 150 valence electrons. The first-order valence-corrected chi connectivity index (χ1v) is 9.92. The van der Waals surface area contributed by atoms with Crippen LogP contribution in [0.5, 0.6) is 0 Å². The van der Waals surface area contributed by atoms with Crippen molar-refractivity contribution in [1.82, 2.24) is 35.2 Å². The number of nitrogens with one attached hydrogen (secondary N) is 2. The van der Waals surface area contributed by atoms with Crippen molar-refractivity contribution in [3.8, 4) is 11.3 Å². The van der Waals surface area contributed by atoms with Crippen LogP contribution in [0.2, 0.25) is 0 Å². The zero-order chi connectivity index (χ0) is 19.8. The van der Waals surface area contributed by atoms with Gasteiger partial charge in [-0.25, -0.2) is 4.39 Å². The molecule has 3 aromatic rings. The Labute approximate surface area is 167 Å². The number of hydrogen-bond donors (Lipinski definition) is 2. The van der Waals surface area contributed by atoms with Gasteiger partial charge >= 0.3 is 0 Å². The normalized spacial score (nSPS) is 17.3. The fourth-order valence-corrected chi connectivity index (χ4v) is 4.21. The number of fused-ring (bicyclic) bond motifs is 1. The largest absolute Gasteiger partial charge is 0.338 e. The number of carbonyl (C=O) groups is 1. The molecule has 4 heterocycles. The lowest BCUT2D eigenvalue weighted by molar-refractivity contribution is 0.0711. The Hall–Kier alpha value is -3.07. The molecule has 2 aliphatic heterocycles. The molecule has 1 amide bonds.